The van der Waals surface area contributed by atoms with Gasteiger partial charge in [0.25, 0.3) is 10.0 Å². The summed E-state index contributed by atoms with van der Waals surface area (Å²) in [7, 11) is -2.47. The van der Waals surface area contributed by atoms with Crippen LogP contribution in [0.25, 0.3) is 0 Å². The number of hydrogen-bond acceptors (Lipinski definition) is 5. The van der Waals surface area contributed by atoms with Crippen LogP contribution in [0.2, 0.25) is 0 Å². The molecule has 3 aromatic carbocycles. The van der Waals surface area contributed by atoms with Crippen molar-refractivity contribution in [2.24, 2.45) is 0 Å². The average Bonchev–Trinajstić information content (AvgIpc) is 2.82. The first kappa shape index (κ1) is 24.1. The Bertz CT molecular complexity index is 1160. The number of carbonyl (C=O) groups excluding carboxylic acids is 1. The second-order valence-electron chi connectivity index (χ2n) is 7.61. The van der Waals surface area contributed by atoms with Gasteiger partial charge in [-0.2, -0.15) is 0 Å². The normalized spacial score (nSPS) is 11.2. The van der Waals surface area contributed by atoms with E-state index in [2.05, 4.69) is 5.32 Å². The highest BCUT2D eigenvalue weighted by atomic mass is 32.2. The summed E-state index contributed by atoms with van der Waals surface area (Å²) >= 11 is 0. The highest BCUT2D eigenvalue weighted by Crippen LogP contribution is 2.26. The fourth-order valence-electron chi connectivity index (χ4n) is 3.15. The Morgan fingerprint density at radius 3 is 2.27 bits per heavy atom. The number of rotatable bonds is 10. The van der Waals surface area contributed by atoms with Gasteiger partial charge in [-0.1, -0.05) is 36.4 Å². The Hall–Kier alpha value is -3.52. The maximum Gasteiger partial charge on any atom is 0.264 e. The van der Waals surface area contributed by atoms with Crippen LogP contribution < -0.4 is 19.1 Å². The SMILES string of the molecule is COc1cccc(N(CC(=O)NCc2ccc(OC(C)C)cc2)S(=O)(=O)c2ccccc2)c1. The number of sulfonamides is 1. The first-order valence-corrected chi connectivity index (χ1v) is 12.0. The van der Waals surface area contributed by atoms with Gasteiger partial charge in [0, 0.05) is 12.6 Å². The molecular weight excluding hydrogens is 440 g/mol. The van der Waals surface area contributed by atoms with E-state index in [4.69, 9.17) is 9.47 Å². The lowest BCUT2D eigenvalue weighted by atomic mass is 10.2. The number of anilines is 1. The van der Waals surface area contributed by atoms with E-state index in [1.807, 2.05) is 38.1 Å². The molecule has 0 saturated heterocycles. The molecule has 8 heteroatoms. The van der Waals surface area contributed by atoms with Crippen LogP contribution in [0.15, 0.2) is 83.8 Å². The van der Waals surface area contributed by atoms with E-state index in [1.54, 1.807) is 42.5 Å². The Balaban J connectivity index is 1.77. The van der Waals surface area contributed by atoms with Crippen molar-refractivity contribution in [1.82, 2.24) is 5.32 Å². The highest BCUT2D eigenvalue weighted by molar-refractivity contribution is 7.92. The zero-order valence-corrected chi connectivity index (χ0v) is 19.7. The monoisotopic (exact) mass is 468 g/mol. The lowest BCUT2D eigenvalue weighted by Gasteiger charge is -2.24. The topological polar surface area (TPSA) is 84.9 Å². The van der Waals surface area contributed by atoms with Gasteiger partial charge in [-0.05, 0) is 55.8 Å². The van der Waals surface area contributed by atoms with Gasteiger partial charge in [0.1, 0.15) is 18.0 Å². The molecule has 0 saturated carbocycles. The molecule has 0 atom stereocenters. The number of nitrogens with one attached hydrogen (secondary N) is 1. The van der Waals surface area contributed by atoms with Gasteiger partial charge in [-0.15, -0.1) is 0 Å². The minimum Gasteiger partial charge on any atom is -0.497 e. The van der Waals surface area contributed by atoms with E-state index in [1.165, 1.54) is 19.2 Å². The molecule has 0 radical (unpaired) electrons. The summed E-state index contributed by atoms with van der Waals surface area (Å²) in [6.45, 7) is 3.79. The number of amides is 1. The van der Waals surface area contributed by atoms with Gasteiger partial charge in [-0.3, -0.25) is 9.10 Å². The molecule has 0 aliphatic carbocycles. The van der Waals surface area contributed by atoms with Crippen LogP contribution in [-0.4, -0.2) is 34.1 Å². The van der Waals surface area contributed by atoms with Crippen molar-refractivity contribution in [3.05, 3.63) is 84.4 Å². The van der Waals surface area contributed by atoms with Gasteiger partial charge in [0.15, 0.2) is 0 Å². The van der Waals surface area contributed by atoms with E-state index >= 15 is 0 Å². The van der Waals surface area contributed by atoms with Gasteiger partial charge < -0.3 is 14.8 Å². The Morgan fingerprint density at radius 2 is 1.64 bits per heavy atom. The van der Waals surface area contributed by atoms with Crippen molar-refractivity contribution >= 4 is 21.6 Å². The standard InChI is InChI=1S/C25H28N2O5S/c1-19(2)32-22-14-12-20(13-15-22)17-26-25(28)18-27(21-8-7-9-23(16-21)31-3)33(29,30)24-10-5-4-6-11-24/h4-16,19H,17-18H2,1-3H3,(H,26,28). The van der Waals surface area contributed by atoms with Gasteiger partial charge in [-0.25, -0.2) is 8.42 Å². The van der Waals surface area contributed by atoms with E-state index < -0.39 is 15.9 Å². The first-order valence-electron chi connectivity index (χ1n) is 10.5. The fourth-order valence-corrected chi connectivity index (χ4v) is 4.58. The number of benzene rings is 3. The molecule has 0 aromatic heterocycles. The Morgan fingerprint density at radius 1 is 0.939 bits per heavy atom. The van der Waals surface area contributed by atoms with Crippen molar-refractivity contribution in [2.75, 3.05) is 18.0 Å². The largest absolute Gasteiger partial charge is 0.497 e. The predicted octanol–water partition coefficient (Wildman–Crippen LogP) is 3.99. The van der Waals surface area contributed by atoms with Gasteiger partial charge >= 0.3 is 0 Å². The zero-order valence-electron chi connectivity index (χ0n) is 18.9. The maximum atomic E-state index is 13.4. The summed E-state index contributed by atoms with van der Waals surface area (Å²) in [6, 6.07) is 22.0. The zero-order chi connectivity index (χ0) is 23.8. The quantitative estimate of drug-likeness (QED) is 0.486. The molecule has 3 aromatic rings. The molecule has 0 aliphatic rings. The second kappa shape index (κ2) is 10.9. The summed E-state index contributed by atoms with van der Waals surface area (Å²) in [6.07, 6.45) is 0.0738. The molecule has 0 heterocycles. The predicted molar refractivity (Wildman–Crippen MR) is 128 cm³/mol. The van der Waals surface area contributed by atoms with Crippen LogP contribution in [-0.2, 0) is 21.4 Å². The van der Waals surface area contributed by atoms with Crippen LogP contribution in [0.3, 0.4) is 0 Å². The van der Waals surface area contributed by atoms with Crippen molar-refractivity contribution in [2.45, 2.75) is 31.4 Å². The van der Waals surface area contributed by atoms with Crippen LogP contribution in [0.1, 0.15) is 19.4 Å². The molecular formula is C25H28N2O5S. The third-order valence-electron chi connectivity index (χ3n) is 4.74. The van der Waals surface area contributed by atoms with Gasteiger partial charge in [0.2, 0.25) is 5.91 Å². The molecule has 1 N–H and O–H groups in total. The van der Waals surface area contributed by atoms with Crippen molar-refractivity contribution in [3.8, 4) is 11.5 Å². The number of carbonyl (C=O) groups is 1. The summed E-state index contributed by atoms with van der Waals surface area (Å²) in [5.74, 6) is 0.808. The number of ether oxygens (including phenoxy) is 2. The highest BCUT2D eigenvalue weighted by Gasteiger charge is 2.27. The number of nitrogens with zero attached hydrogens (tertiary/aromatic N) is 1. The molecule has 7 nitrogen and oxygen atoms in total. The third-order valence-corrected chi connectivity index (χ3v) is 6.53. The van der Waals surface area contributed by atoms with E-state index in [0.717, 1.165) is 15.6 Å². The number of hydrogen-bond donors (Lipinski definition) is 1. The molecule has 0 fully saturated rings. The van der Waals surface area contributed by atoms with Crippen LogP contribution in [0.5, 0.6) is 11.5 Å². The summed E-state index contributed by atoms with van der Waals surface area (Å²) < 4.78 is 38.7. The average molecular weight is 469 g/mol. The fraction of sp³-hybridized carbons (Fsp3) is 0.240. The van der Waals surface area contributed by atoms with E-state index in [0.29, 0.717) is 11.4 Å². The van der Waals surface area contributed by atoms with Crippen LogP contribution in [0, 0.1) is 0 Å². The van der Waals surface area contributed by atoms with Crippen molar-refractivity contribution in [3.63, 3.8) is 0 Å². The Kier molecular flexibility index (Phi) is 7.95. The van der Waals surface area contributed by atoms with Crippen molar-refractivity contribution < 1.29 is 22.7 Å². The minimum absolute atomic E-state index is 0.0738. The second-order valence-corrected chi connectivity index (χ2v) is 9.48. The molecule has 174 valence electrons. The van der Waals surface area contributed by atoms with E-state index in [9.17, 15) is 13.2 Å². The first-order chi connectivity index (χ1) is 15.8. The van der Waals surface area contributed by atoms with Crippen molar-refractivity contribution in [1.29, 1.82) is 0 Å². The minimum atomic E-state index is -3.97. The molecule has 33 heavy (non-hydrogen) atoms. The molecule has 0 bridgehead atoms. The molecule has 0 aliphatic heterocycles. The molecule has 1 amide bonds. The molecule has 0 unspecified atom stereocenters. The number of methoxy groups -OCH3 is 1. The van der Waals surface area contributed by atoms with E-state index in [-0.39, 0.29) is 24.1 Å². The third kappa shape index (κ3) is 6.49. The Labute approximate surface area is 195 Å². The lowest BCUT2D eigenvalue weighted by molar-refractivity contribution is -0.119. The molecule has 0 spiro atoms. The summed E-state index contributed by atoms with van der Waals surface area (Å²) in [5.41, 5.74) is 1.21. The van der Waals surface area contributed by atoms with Crippen LogP contribution in [0.4, 0.5) is 5.69 Å². The summed E-state index contributed by atoms with van der Waals surface area (Å²) in [5, 5.41) is 2.79. The lowest BCUT2D eigenvalue weighted by Crippen LogP contribution is -2.40. The van der Waals surface area contributed by atoms with Crippen LogP contribution >= 0.6 is 0 Å². The summed E-state index contributed by atoms with van der Waals surface area (Å²) in [4.78, 5) is 12.9. The maximum absolute atomic E-state index is 13.4. The van der Waals surface area contributed by atoms with Gasteiger partial charge in [0.05, 0.1) is 23.8 Å². The molecule has 3 rings (SSSR count). The smallest absolute Gasteiger partial charge is 0.264 e.